The second-order valence-electron chi connectivity index (χ2n) is 5.22. The predicted molar refractivity (Wildman–Crippen MR) is 63.0 cm³/mol. The van der Waals surface area contributed by atoms with Crippen LogP contribution >= 0.6 is 0 Å². The van der Waals surface area contributed by atoms with Crippen molar-refractivity contribution < 1.29 is 0 Å². The molecule has 80 valence electrons. The number of benzene rings is 1. The van der Waals surface area contributed by atoms with Crippen LogP contribution in [0, 0.1) is 18.8 Å². The van der Waals surface area contributed by atoms with Gasteiger partial charge in [0.15, 0.2) is 0 Å². The fourth-order valence-electron chi connectivity index (χ4n) is 3.23. The van der Waals surface area contributed by atoms with E-state index in [-0.39, 0.29) is 0 Å². The van der Waals surface area contributed by atoms with Crippen LogP contribution in [0.2, 0.25) is 0 Å². The highest BCUT2D eigenvalue weighted by Crippen LogP contribution is 2.52. The minimum Gasteiger partial charge on any atom is -0.313 e. The summed E-state index contributed by atoms with van der Waals surface area (Å²) >= 11 is 0. The van der Waals surface area contributed by atoms with Crippen LogP contribution in [-0.4, -0.2) is 12.6 Å². The molecule has 1 aliphatic carbocycles. The molecule has 1 saturated heterocycles. The zero-order valence-electron chi connectivity index (χ0n) is 9.53. The number of aryl methyl sites for hydroxylation is 1. The first-order chi connectivity index (χ1) is 7.27. The summed E-state index contributed by atoms with van der Waals surface area (Å²) in [6, 6.07) is 9.96. The highest BCUT2D eigenvalue weighted by Gasteiger charge is 2.52. The van der Waals surface area contributed by atoms with Crippen molar-refractivity contribution in [1.29, 1.82) is 0 Å². The van der Waals surface area contributed by atoms with E-state index in [1.54, 1.807) is 5.56 Å². The maximum absolute atomic E-state index is 3.62. The lowest BCUT2D eigenvalue weighted by atomic mass is 9.88. The van der Waals surface area contributed by atoms with E-state index >= 15 is 0 Å². The van der Waals surface area contributed by atoms with E-state index in [1.807, 2.05) is 0 Å². The van der Waals surface area contributed by atoms with Crippen molar-refractivity contribution in [3.63, 3.8) is 0 Å². The van der Waals surface area contributed by atoms with E-state index in [1.165, 1.54) is 18.5 Å². The third-order valence-electron chi connectivity index (χ3n) is 4.25. The van der Waals surface area contributed by atoms with Gasteiger partial charge in [0.05, 0.1) is 0 Å². The van der Waals surface area contributed by atoms with Crippen LogP contribution < -0.4 is 5.32 Å². The smallest absolute Gasteiger partial charge is 0.0133 e. The molecule has 1 heteroatoms. The number of hydrogen-bond acceptors (Lipinski definition) is 1. The first kappa shape index (κ1) is 9.41. The van der Waals surface area contributed by atoms with Crippen molar-refractivity contribution in [3.8, 4) is 0 Å². The molecule has 1 heterocycles. The van der Waals surface area contributed by atoms with Gasteiger partial charge in [0.2, 0.25) is 0 Å². The zero-order chi connectivity index (χ0) is 10.4. The molecule has 15 heavy (non-hydrogen) atoms. The van der Waals surface area contributed by atoms with Gasteiger partial charge in [-0.1, -0.05) is 36.8 Å². The molecule has 0 bridgehead atoms. The number of nitrogens with one attached hydrogen (secondary N) is 1. The molecule has 2 fully saturated rings. The highest BCUT2D eigenvalue weighted by atomic mass is 15.0. The zero-order valence-corrected chi connectivity index (χ0v) is 9.53. The van der Waals surface area contributed by atoms with Crippen LogP contribution in [0.1, 0.15) is 30.4 Å². The summed E-state index contributed by atoms with van der Waals surface area (Å²) in [4.78, 5) is 0. The van der Waals surface area contributed by atoms with Crippen LogP contribution in [-0.2, 0) is 0 Å². The molecule has 0 aromatic heterocycles. The largest absolute Gasteiger partial charge is 0.313 e. The Morgan fingerprint density at radius 1 is 1.20 bits per heavy atom. The predicted octanol–water partition coefficient (Wildman–Crippen LogP) is 2.71. The van der Waals surface area contributed by atoms with E-state index in [2.05, 4.69) is 43.4 Å². The lowest BCUT2D eigenvalue weighted by Crippen LogP contribution is -2.28. The average molecular weight is 201 g/mol. The fraction of sp³-hybridized carbons (Fsp3) is 0.571. The highest BCUT2D eigenvalue weighted by molar-refractivity contribution is 5.29. The number of rotatable bonds is 1. The Morgan fingerprint density at radius 2 is 1.93 bits per heavy atom. The van der Waals surface area contributed by atoms with Gasteiger partial charge in [-0.05, 0) is 43.2 Å². The van der Waals surface area contributed by atoms with Gasteiger partial charge in [0.1, 0.15) is 0 Å². The number of hydrogen-bond donors (Lipinski definition) is 1. The van der Waals surface area contributed by atoms with E-state index < -0.39 is 0 Å². The summed E-state index contributed by atoms with van der Waals surface area (Å²) in [6.07, 6.45) is 1.31. The van der Waals surface area contributed by atoms with Crippen LogP contribution in [0.15, 0.2) is 24.3 Å². The Labute approximate surface area is 91.9 Å². The maximum atomic E-state index is 3.62. The minimum atomic E-state index is 0.810. The lowest BCUT2D eigenvalue weighted by Gasteiger charge is -2.22. The molecule has 0 radical (unpaired) electrons. The Morgan fingerprint density at radius 3 is 2.67 bits per heavy atom. The molecule has 3 rings (SSSR count). The summed E-state index contributed by atoms with van der Waals surface area (Å²) in [7, 11) is 0. The topological polar surface area (TPSA) is 12.0 Å². The Balaban J connectivity index is 1.84. The van der Waals surface area contributed by atoms with Gasteiger partial charge in [0, 0.05) is 6.04 Å². The van der Waals surface area contributed by atoms with Crippen LogP contribution in [0.3, 0.4) is 0 Å². The van der Waals surface area contributed by atoms with Crippen molar-refractivity contribution in [2.45, 2.75) is 32.2 Å². The van der Waals surface area contributed by atoms with Gasteiger partial charge in [-0.2, -0.15) is 0 Å². The molecular formula is C14H19N. The SMILES string of the molecule is Cc1ccc([C@@H]2CCN[C@@H]3[C@@H](C)[C@@H]32)cc1. The van der Waals surface area contributed by atoms with Crippen molar-refractivity contribution in [2.24, 2.45) is 11.8 Å². The standard InChI is InChI=1S/C14H19N/c1-9-3-5-11(6-4-9)12-7-8-15-14-10(2)13(12)14/h3-6,10,12-15H,7-8H2,1-2H3/t10-,12-,13+,14+/m0/s1. The van der Waals surface area contributed by atoms with Crippen molar-refractivity contribution >= 4 is 0 Å². The van der Waals surface area contributed by atoms with Crippen molar-refractivity contribution in [2.75, 3.05) is 6.54 Å². The molecule has 1 saturated carbocycles. The molecule has 1 aromatic carbocycles. The molecule has 1 N–H and O–H groups in total. The Bertz CT molecular complexity index is 354. The Hall–Kier alpha value is -0.820. The summed E-state index contributed by atoms with van der Waals surface area (Å²) in [5, 5.41) is 3.62. The molecule has 4 atom stereocenters. The summed E-state index contributed by atoms with van der Waals surface area (Å²) in [5.74, 6) is 2.60. The second kappa shape index (κ2) is 3.34. The number of fused-ring (bicyclic) bond motifs is 1. The molecule has 0 spiro atoms. The normalized spacial score (nSPS) is 38.5. The molecule has 1 nitrogen and oxygen atoms in total. The summed E-state index contributed by atoms with van der Waals surface area (Å²) in [5.41, 5.74) is 2.93. The monoisotopic (exact) mass is 201 g/mol. The third kappa shape index (κ3) is 1.50. The van der Waals surface area contributed by atoms with Crippen LogP contribution in [0.25, 0.3) is 0 Å². The van der Waals surface area contributed by atoms with E-state index in [4.69, 9.17) is 0 Å². The Kier molecular flexibility index (Phi) is 2.10. The van der Waals surface area contributed by atoms with Gasteiger partial charge < -0.3 is 5.32 Å². The first-order valence-corrected chi connectivity index (χ1v) is 6.07. The summed E-state index contributed by atoms with van der Waals surface area (Å²) in [6.45, 7) is 5.74. The van der Waals surface area contributed by atoms with Crippen molar-refractivity contribution in [1.82, 2.24) is 5.32 Å². The van der Waals surface area contributed by atoms with E-state index in [0.717, 1.165) is 23.8 Å². The molecular weight excluding hydrogens is 182 g/mol. The minimum absolute atomic E-state index is 0.810. The average Bonchev–Trinajstić information content (AvgIpc) is 2.92. The number of piperidine rings is 1. The van der Waals surface area contributed by atoms with E-state index in [9.17, 15) is 0 Å². The molecule has 0 amide bonds. The third-order valence-corrected chi connectivity index (χ3v) is 4.25. The fourth-order valence-corrected chi connectivity index (χ4v) is 3.23. The van der Waals surface area contributed by atoms with Crippen LogP contribution in [0.4, 0.5) is 0 Å². The summed E-state index contributed by atoms with van der Waals surface area (Å²) < 4.78 is 0. The van der Waals surface area contributed by atoms with Gasteiger partial charge in [-0.25, -0.2) is 0 Å². The lowest BCUT2D eigenvalue weighted by molar-refractivity contribution is 0.442. The van der Waals surface area contributed by atoms with Gasteiger partial charge in [-0.15, -0.1) is 0 Å². The van der Waals surface area contributed by atoms with Crippen molar-refractivity contribution in [3.05, 3.63) is 35.4 Å². The second-order valence-corrected chi connectivity index (χ2v) is 5.22. The van der Waals surface area contributed by atoms with Gasteiger partial charge >= 0.3 is 0 Å². The molecule has 2 aliphatic rings. The maximum Gasteiger partial charge on any atom is 0.0133 e. The molecule has 1 aliphatic heterocycles. The van der Waals surface area contributed by atoms with Gasteiger partial charge in [0.25, 0.3) is 0 Å². The molecule has 1 aromatic rings. The molecule has 0 unspecified atom stereocenters. The first-order valence-electron chi connectivity index (χ1n) is 6.07. The quantitative estimate of drug-likeness (QED) is 0.736. The van der Waals surface area contributed by atoms with Gasteiger partial charge in [-0.3, -0.25) is 0 Å². The van der Waals surface area contributed by atoms with E-state index in [0.29, 0.717) is 0 Å². The van der Waals surface area contributed by atoms with Crippen LogP contribution in [0.5, 0.6) is 0 Å².